The molecule has 0 bridgehead atoms. The first kappa shape index (κ1) is 18.9. The van der Waals surface area contributed by atoms with E-state index in [1.807, 2.05) is 6.07 Å². The largest absolute Gasteiger partial charge is 0.381 e. The molecule has 0 radical (unpaired) electrons. The molecule has 4 nitrogen and oxygen atoms in total. The second-order valence-electron chi connectivity index (χ2n) is 6.90. The third kappa shape index (κ3) is 5.05. The molecule has 4 heteroatoms. The molecule has 1 fully saturated rings. The van der Waals surface area contributed by atoms with Gasteiger partial charge in [-0.3, -0.25) is 4.79 Å². The van der Waals surface area contributed by atoms with E-state index >= 15 is 0 Å². The minimum absolute atomic E-state index is 0.0881. The minimum Gasteiger partial charge on any atom is -0.381 e. The standard InChI is InChI=1S/C20H32N2O2/c1-4-17(5-2)19(23)21-15-20(11-13-24-14-12-20)22-16(3)18-9-7-6-8-10-18/h6-10,16-17,22H,4-5,11-15H2,1-3H3,(H,21,23). The Morgan fingerprint density at radius 2 is 1.79 bits per heavy atom. The van der Waals surface area contributed by atoms with Gasteiger partial charge in [-0.15, -0.1) is 0 Å². The van der Waals surface area contributed by atoms with Crippen molar-refractivity contribution < 1.29 is 9.53 Å². The van der Waals surface area contributed by atoms with Crippen molar-refractivity contribution in [2.45, 2.75) is 58.0 Å². The summed E-state index contributed by atoms with van der Waals surface area (Å²) in [6.45, 7) is 8.50. The normalized spacial score (nSPS) is 18.3. The Balaban J connectivity index is 2.02. The maximum absolute atomic E-state index is 12.4. The molecule has 0 aromatic heterocycles. The Bertz CT molecular complexity index is 494. The average Bonchev–Trinajstić information content (AvgIpc) is 2.62. The lowest BCUT2D eigenvalue weighted by Gasteiger charge is -2.41. The van der Waals surface area contributed by atoms with Crippen LogP contribution < -0.4 is 10.6 Å². The highest BCUT2D eigenvalue weighted by molar-refractivity contribution is 5.78. The van der Waals surface area contributed by atoms with Gasteiger partial charge in [0.05, 0.1) is 0 Å². The monoisotopic (exact) mass is 332 g/mol. The van der Waals surface area contributed by atoms with Gasteiger partial charge in [0.25, 0.3) is 0 Å². The van der Waals surface area contributed by atoms with Crippen molar-refractivity contribution in [1.82, 2.24) is 10.6 Å². The number of hydrogen-bond acceptors (Lipinski definition) is 3. The Morgan fingerprint density at radius 3 is 2.38 bits per heavy atom. The Morgan fingerprint density at radius 1 is 1.17 bits per heavy atom. The van der Waals surface area contributed by atoms with Gasteiger partial charge in [-0.05, 0) is 38.2 Å². The lowest BCUT2D eigenvalue weighted by Crippen LogP contribution is -2.57. The van der Waals surface area contributed by atoms with E-state index in [0.29, 0.717) is 6.54 Å². The van der Waals surface area contributed by atoms with Crippen LogP contribution in [0.1, 0.15) is 58.1 Å². The highest BCUT2D eigenvalue weighted by Gasteiger charge is 2.34. The van der Waals surface area contributed by atoms with Gasteiger partial charge in [-0.25, -0.2) is 0 Å². The molecule has 1 aliphatic rings. The molecule has 0 aliphatic carbocycles. The highest BCUT2D eigenvalue weighted by Crippen LogP contribution is 2.25. The maximum atomic E-state index is 12.4. The van der Waals surface area contributed by atoms with Crippen LogP contribution in [0.25, 0.3) is 0 Å². The molecule has 1 saturated heterocycles. The van der Waals surface area contributed by atoms with Gasteiger partial charge in [0, 0.05) is 37.3 Å². The summed E-state index contributed by atoms with van der Waals surface area (Å²) >= 11 is 0. The number of ether oxygens (including phenoxy) is 1. The van der Waals surface area contributed by atoms with E-state index in [2.05, 4.69) is 55.7 Å². The van der Waals surface area contributed by atoms with Crippen molar-refractivity contribution in [2.24, 2.45) is 5.92 Å². The fourth-order valence-corrected chi connectivity index (χ4v) is 3.48. The van der Waals surface area contributed by atoms with E-state index in [4.69, 9.17) is 4.74 Å². The van der Waals surface area contributed by atoms with Crippen molar-refractivity contribution in [2.75, 3.05) is 19.8 Å². The Hall–Kier alpha value is -1.39. The smallest absolute Gasteiger partial charge is 0.223 e. The Labute approximate surface area is 146 Å². The first-order chi connectivity index (χ1) is 11.6. The summed E-state index contributed by atoms with van der Waals surface area (Å²) in [6, 6.07) is 10.7. The number of carbonyl (C=O) groups is 1. The molecule has 1 aromatic carbocycles. The van der Waals surface area contributed by atoms with Crippen molar-refractivity contribution in [3.8, 4) is 0 Å². The molecule has 1 aromatic rings. The summed E-state index contributed by atoms with van der Waals surface area (Å²) in [5.41, 5.74) is 1.18. The lowest BCUT2D eigenvalue weighted by atomic mass is 9.87. The topological polar surface area (TPSA) is 50.4 Å². The molecule has 1 unspecified atom stereocenters. The van der Waals surface area contributed by atoms with Crippen LogP contribution in [-0.2, 0) is 9.53 Å². The number of carbonyl (C=O) groups excluding carboxylic acids is 1. The summed E-state index contributed by atoms with van der Waals surface area (Å²) in [6.07, 6.45) is 3.64. The second-order valence-corrected chi connectivity index (χ2v) is 6.90. The number of nitrogens with one attached hydrogen (secondary N) is 2. The predicted molar refractivity (Wildman–Crippen MR) is 97.9 cm³/mol. The molecule has 2 N–H and O–H groups in total. The predicted octanol–water partition coefficient (Wildman–Crippen LogP) is 3.44. The molecule has 1 heterocycles. The van der Waals surface area contributed by atoms with Crippen LogP contribution in [0.3, 0.4) is 0 Å². The zero-order chi connectivity index (χ0) is 17.4. The third-order valence-corrected chi connectivity index (χ3v) is 5.23. The van der Waals surface area contributed by atoms with Crippen molar-refractivity contribution in [3.05, 3.63) is 35.9 Å². The van der Waals surface area contributed by atoms with Crippen LogP contribution in [0.2, 0.25) is 0 Å². The quantitative estimate of drug-likeness (QED) is 0.767. The molecule has 1 aliphatic heterocycles. The van der Waals surface area contributed by atoms with Gasteiger partial charge in [0.15, 0.2) is 0 Å². The fraction of sp³-hybridized carbons (Fsp3) is 0.650. The zero-order valence-corrected chi connectivity index (χ0v) is 15.3. The number of rotatable bonds is 8. The van der Waals surface area contributed by atoms with E-state index in [0.717, 1.165) is 38.9 Å². The van der Waals surface area contributed by atoms with Crippen molar-refractivity contribution in [1.29, 1.82) is 0 Å². The molecule has 0 spiro atoms. The molecular weight excluding hydrogens is 300 g/mol. The number of benzene rings is 1. The lowest BCUT2D eigenvalue weighted by molar-refractivity contribution is -0.125. The van der Waals surface area contributed by atoms with Crippen LogP contribution in [-0.4, -0.2) is 31.2 Å². The average molecular weight is 332 g/mol. The van der Waals surface area contributed by atoms with Crippen LogP contribution in [0.5, 0.6) is 0 Å². The third-order valence-electron chi connectivity index (χ3n) is 5.23. The first-order valence-corrected chi connectivity index (χ1v) is 9.28. The zero-order valence-electron chi connectivity index (χ0n) is 15.3. The molecule has 134 valence electrons. The molecule has 1 amide bonds. The van der Waals surface area contributed by atoms with E-state index < -0.39 is 0 Å². The van der Waals surface area contributed by atoms with Crippen LogP contribution >= 0.6 is 0 Å². The van der Waals surface area contributed by atoms with Crippen molar-refractivity contribution in [3.63, 3.8) is 0 Å². The summed E-state index contributed by atoms with van der Waals surface area (Å²) in [7, 11) is 0. The number of hydrogen-bond donors (Lipinski definition) is 2. The highest BCUT2D eigenvalue weighted by atomic mass is 16.5. The van der Waals surface area contributed by atoms with E-state index in [1.165, 1.54) is 5.56 Å². The van der Waals surface area contributed by atoms with Gasteiger partial charge in [-0.1, -0.05) is 44.2 Å². The minimum atomic E-state index is -0.0881. The van der Waals surface area contributed by atoms with E-state index in [1.54, 1.807) is 0 Å². The molecule has 1 atom stereocenters. The van der Waals surface area contributed by atoms with E-state index in [9.17, 15) is 4.79 Å². The van der Waals surface area contributed by atoms with Crippen molar-refractivity contribution >= 4 is 5.91 Å². The van der Waals surface area contributed by atoms with Gasteiger partial charge < -0.3 is 15.4 Å². The molecule has 2 rings (SSSR count). The van der Waals surface area contributed by atoms with Gasteiger partial charge in [-0.2, -0.15) is 0 Å². The Kier molecular flexibility index (Phi) is 7.25. The van der Waals surface area contributed by atoms with Crippen LogP contribution in [0.15, 0.2) is 30.3 Å². The van der Waals surface area contributed by atoms with Gasteiger partial charge in [0.1, 0.15) is 0 Å². The summed E-state index contributed by atoms with van der Waals surface area (Å²) < 4.78 is 5.56. The van der Waals surface area contributed by atoms with Gasteiger partial charge >= 0.3 is 0 Å². The maximum Gasteiger partial charge on any atom is 0.223 e. The van der Waals surface area contributed by atoms with Crippen LogP contribution in [0.4, 0.5) is 0 Å². The number of amides is 1. The molecule has 0 saturated carbocycles. The van der Waals surface area contributed by atoms with Crippen LogP contribution in [0, 0.1) is 5.92 Å². The first-order valence-electron chi connectivity index (χ1n) is 9.28. The van der Waals surface area contributed by atoms with Gasteiger partial charge in [0.2, 0.25) is 5.91 Å². The summed E-state index contributed by atoms with van der Waals surface area (Å²) in [5.74, 6) is 0.300. The molecular formula is C20H32N2O2. The van der Waals surface area contributed by atoms with E-state index in [-0.39, 0.29) is 23.4 Å². The summed E-state index contributed by atoms with van der Waals surface area (Å²) in [5, 5.41) is 6.98. The fourth-order valence-electron chi connectivity index (χ4n) is 3.48. The second kappa shape index (κ2) is 9.19. The summed E-state index contributed by atoms with van der Waals surface area (Å²) in [4.78, 5) is 12.4. The molecule has 24 heavy (non-hydrogen) atoms. The SMILES string of the molecule is CCC(CC)C(=O)NCC1(NC(C)c2ccccc2)CCOCC1.